The van der Waals surface area contributed by atoms with E-state index in [-0.39, 0.29) is 19.1 Å². The van der Waals surface area contributed by atoms with Crippen LogP contribution in [-0.4, -0.2) is 47.2 Å². The minimum absolute atomic E-state index is 0.0817. The molecular weight excluding hydrogens is 234 g/mol. The predicted octanol–water partition coefficient (Wildman–Crippen LogP) is 0.849. The van der Waals surface area contributed by atoms with Crippen molar-refractivity contribution in [2.24, 2.45) is 0 Å². The van der Waals surface area contributed by atoms with E-state index in [1.54, 1.807) is 31.3 Å². The fourth-order valence-corrected chi connectivity index (χ4v) is 1.38. The Morgan fingerprint density at radius 1 is 1.28 bits per heavy atom. The molecule has 0 saturated heterocycles. The molecule has 1 rings (SSSR count). The van der Waals surface area contributed by atoms with Gasteiger partial charge in [-0.3, -0.25) is 4.79 Å². The van der Waals surface area contributed by atoms with Crippen molar-refractivity contribution < 1.29 is 19.8 Å². The highest BCUT2D eigenvalue weighted by molar-refractivity contribution is 5.94. The van der Waals surface area contributed by atoms with Crippen LogP contribution in [-0.2, 0) is 4.79 Å². The van der Waals surface area contributed by atoms with Gasteiger partial charge in [0.1, 0.15) is 0 Å². The second kappa shape index (κ2) is 6.56. The number of hydrogen-bond donors (Lipinski definition) is 2. The number of likely N-dealkylation sites (N-methyl/N-ethyl adjacent to an activating group) is 1. The summed E-state index contributed by atoms with van der Waals surface area (Å²) in [6.45, 7) is 0.196. The van der Waals surface area contributed by atoms with E-state index in [1.165, 1.54) is 11.0 Å². The van der Waals surface area contributed by atoms with Gasteiger partial charge in [0, 0.05) is 25.2 Å². The lowest BCUT2D eigenvalue weighted by Gasteiger charge is -2.15. The Bertz CT molecular complexity index is 451. The number of benzene rings is 1. The molecule has 0 unspecified atom stereocenters. The van der Waals surface area contributed by atoms with Crippen LogP contribution in [0.2, 0.25) is 0 Å². The van der Waals surface area contributed by atoms with E-state index in [9.17, 15) is 9.59 Å². The van der Waals surface area contributed by atoms with Gasteiger partial charge in [-0.15, -0.1) is 0 Å². The van der Waals surface area contributed by atoms with Crippen LogP contribution >= 0.6 is 0 Å². The number of aliphatic hydroxyl groups excluding tert-OH is 1. The van der Waals surface area contributed by atoms with Crippen molar-refractivity contribution in [1.29, 1.82) is 0 Å². The molecule has 0 saturated carbocycles. The standard InChI is InChI=1S/C13H15NO4/c1-14(8-9-15)13(18)11-5-2-10(3-6-11)4-7-12(16)17/h2-7,15H,8-9H2,1H3,(H,16,17). The quantitative estimate of drug-likeness (QED) is 0.758. The largest absolute Gasteiger partial charge is 0.478 e. The maximum absolute atomic E-state index is 11.8. The molecule has 18 heavy (non-hydrogen) atoms. The molecule has 1 aromatic carbocycles. The van der Waals surface area contributed by atoms with Gasteiger partial charge in [-0.2, -0.15) is 0 Å². The molecule has 0 aliphatic carbocycles. The first kappa shape index (κ1) is 13.9. The van der Waals surface area contributed by atoms with Gasteiger partial charge >= 0.3 is 5.97 Å². The second-order valence-corrected chi connectivity index (χ2v) is 3.74. The fourth-order valence-electron chi connectivity index (χ4n) is 1.38. The maximum atomic E-state index is 11.8. The number of rotatable bonds is 5. The minimum Gasteiger partial charge on any atom is -0.478 e. The maximum Gasteiger partial charge on any atom is 0.328 e. The Balaban J connectivity index is 2.76. The van der Waals surface area contributed by atoms with Crippen molar-refractivity contribution in [2.75, 3.05) is 20.2 Å². The Morgan fingerprint density at radius 3 is 2.39 bits per heavy atom. The first-order valence-electron chi connectivity index (χ1n) is 5.42. The molecule has 0 bridgehead atoms. The number of carbonyl (C=O) groups is 2. The number of carbonyl (C=O) groups excluding carboxylic acids is 1. The van der Waals surface area contributed by atoms with E-state index in [4.69, 9.17) is 10.2 Å². The minimum atomic E-state index is -1.02. The van der Waals surface area contributed by atoms with Gasteiger partial charge in [0.25, 0.3) is 5.91 Å². The van der Waals surface area contributed by atoms with E-state index >= 15 is 0 Å². The molecule has 0 atom stereocenters. The molecule has 2 N–H and O–H groups in total. The molecule has 0 aliphatic rings. The summed E-state index contributed by atoms with van der Waals surface area (Å²) in [5.41, 5.74) is 1.21. The highest BCUT2D eigenvalue weighted by Crippen LogP contribution is 2.08. The number of hydrogen-bond acceptors (Lipinski definition) is 3. The molecule has 1 aromatic rings. The van der Waals surface area contributed by atoms with Crippen molar-refractivity contribution in [1.82, 2.24) is 4.90 Å². The van der Waals surface area contributed by atoms with Gasteiger partial charge in [-0.05, 0) is 23.8 Å². The van der Waals surface area contributed by atoms with Crippen LogP contribution in [0.5, 0.6) is 0 Å². The third-order valence-electron chi connectivity index (χ3n) is 2.36. The van der Waals surface area contributed by atoms with Crippen molar-refractivity contribution in [3.63, 3.8) is 0 Å². The third-order valence-corrected chi connectivity index (χ3v) is 2.36. The molecule has 0 fully saturated rings. The average Bonchev–Trinajstić information content (AvgIpc) is 2.36. The lowest BCUT2D eigenvalue weighted by molar-refractivity contribution is -0.131. The Labute approximate surface area is 105 Å². The lowest BCUT2D eigenvalue weighted by atomic mass is 10.1. The number of nitrogens with zero attached hydrogens (tertiary/aromatic N) is 1. The van der Waals surface area contributed by atoms with Gasteiger partial charge in [0.05, 0.1) is 6.61 Å². The molecular formula is C13H15NO4. The Morgan fingerprint density at radius 2 is 1.89 bits per heavy atom. The SMILES string of the molecule is CN(CCO)C(=O)c1ccc(C=CC(=O)O)cc1. The van der Waals surface area contributed by atoms with Crippen molar-refractivity contribution in [3.8, 4) is 0 Å². The Hall–Kier alpha value is -2.14. The highest BCUT2D eigenvalue weighted by Gasteiger charge is 2.10. The van der Waals surface area contributed by atoms with Gasteiger partial charge in [0.15, 0.2) is 0 Å². The summed E-state index contributed by atoms with van der Waals surface area (Å²) < 4.78 is 0. The zero-order chi connectivity index (χ0) is 13.5. The molecule has 1 amide bonds. The molecule has 0 heterocycles. The van der Waals surface area contributed by atoms with Crippen molar-refractivity contribution >= 4 is 18.0 Å². The zero-order valence-corrected chi connectivity index (χ0v) is 10.0. The third kappa shape index (κ3) is 4.03. The summed E-state index contributed by atoms with van der Waals surface area (Å²) in [6.07, 6.45) is 2.49. The van der Waals surface area contributed by atoms with Crippen LogP contribution in [0.25, 0.3) is 6.08 Å². The zero-order valence-electron chi connectivity index (χ0n) is 10.0. The Kier molecular flexibility index (Phi) is 5.07. The predicted molar refractivity (Wildman–Crippen MR) is 67.2 cm³/mol. The average molecular weight is 249 g/mol. The highest BCUT2D eigenvalue weighted by atomic mass is 16.4. The second-order valence-electron chi connectivity index (χ2n) is 3.74. The van der Waals surface area contributed by atoms with Crippen LogP contribution in [0.15, 0.2) is 30.3 Å². The molecule has 5 heteroatoms. The molecule has 0 aromatic heterocycles. The van der Waals surface area contributed by atoms with Crippen LogP contribution in [0, 0.1) is 0 Å². The van der Waals surface area contributed by atoms with E-state index in [0.29, 0.717) is 11.1 Å². The molecule has 5 nitrogen and oxygen atoms in total. The van der Waals surface area contributed by atoms with Gasteiger partial charge in [-0.1, -0.05) is 12.1 Å². The normalized spacial score (nSPS) is 10.6. The molecule has 0 aliphatic heterocycles. The van der Waals surface area contributed by atoms with Crippen molar-refractivity contribution in [3.05, 3.63) is 41.5 Å². The smallest absolute Gasteiger partial charge is 0.328 e. The van der Waals surface area contributed by atoms with E-state index in [0.717, 1.165) is 6.08 Å². The van der Waals surface area contributed by atoms with E-state index in [1.807, 2.05) is 0 Å². The van der Waals surface area contributed by atoms with E-state index in [2.05, 4.69) is 0 Å². The van der Waals surface area contributed by atoms with Gasteiger partial charge in [-0.25, -0.2) is 4.79 Å². The molecule has 96 valence electrons. The lowest BCUT2D eigenvalue weighted by Crippen LogP contribution is -2.29. The fraction of sp³-hybridized carbons (Fsp3) is 0.231. The van der Waals surface area contributed by atoms with Gasteiger partial charge in [0.2, 0.25) is 0 Å². The summed E-state index contributed by atoms with van der Waals surface area (Å²) in [6, 6.07) is 6.58. The van der Waals surface area contributed by atoms with Crippen molar-refractivity contribution in [2.45, 2.75) is 0 Å². The summed E-state index contributed by atoms with van der Waals surface area (Å²) in [7, 11) is 1.61. The van der Waals surface area contributed by atoms with Gasteiger partial charge < -0.3 is 15.1 Å². The number of carboxylic acid groups (broad SMARTS) is 1. The first-order chi connectivity index (χ1) is 8.54. The first-order valence-corrected chi connectivity index (χ1v) is 5.42. The summed E-state index contributed by atoms with van der Waals surface area (Å²) in [5, 5.41) is 17.2. The number of aliphatic carboxylic acids is 1. The van der Waals surface area contributed by atoms with E-state index < -0.39 is 5.97 Å². The molecule has 0 radical (unpaired) electrons. The summed E-state index contributed by atoms with van der Waals surface area (Å²) in [4.78, 5) is 23.6. The van der Waals surface area contributed by atoms with Crippen LogP contribution in [0.1, 0.15) is 15.9 Å². The van der Waals surface area contributed by atoms with Crippen LogP contribution < -0.4 is 0 Å². The summed E-state index contributed by atoms with van der Waals surface area (Å²) in [5.74, 6) is -1.20. The van der Waals surface area contributed by atoms with Crippen LogP contribution in [0.3, 0.4) is 0 Å². The number of aliphatic hydroxyl groups is 1. The van der Waals surface area contributed by atoms with Crippen LogP contribution in [0.4, 0.5) is 0 Å². The number of amides is 1. The monoisotopic (exact) mass is 249 g/mol. The number of carboxylic acids is 1. The topological polar surface area (TPSA) is 77.8 Å². The summed E-state index contributed by atoms with van der Waals surface area (Å²) >= 11 is 0. The molecule has 0 spiro atoms.